The van der Waals surface area contributed by atoms with Gasteiger partial charge in [0.15, 0.2) is 0 Å². The molecule has 0 radical (unpaired) electrons. The molecule has 0 saturated carbocycles. The average molecular weight is 276 g/mol. The van der Waals surface area contributed by atoms with Crippen LogP contribution in [0.2, 0.25) is 0 Å². The number of hydrogen-bond donors (Lipinski definition) is 0. The summed E-state index contributed by atoms with van der Waals surface area (Å²) in [6.07, 6.45) is 6.59. The molecule has 1 unspecified atom stereocenters. The molecule has 0 aromatic rings. The summed E-state index contributed by atoms with van der Waals surface area (Å²) in [5, 5.41) is 1.06. The second-order valence-corrected chi connectivity index (χ2v) is 5.22. The van der Waals surface area contributed by atoms with Gasteiger partial charge in [0.25, 0.3) is 0 Å². The molecule has 0 aromatic heterocycles. The van der Waals surface area contributed by atoms with Crippen LogP contribution in [-0.2, 0) is 4.79 Å². The number of carbonyl (C=O) groups is 1. The topological polar surface area (TPSA) is 20.3 Å². The standard InChI is InChI=1S/C12H22BrNO/c1-2-3-6-12(15)14-9-4-5-11(10-14)7-8-13/h11H,2-10H2,1H3. The summed E-state index contributed by atoms with van der Waals surface area (Å²) in [6, 6.07) is 0. The second-order valence-electron chi connectivity index (χ2n) is 4.43. The van der Waals surface area contributed by atoms with Crippen LogP contribution in [0.1, 0.15) is 45.4 Å². The summed E-state index contributed by atoms with van der Waals surface area (Å²) in [6.45, 7) is 4.12. The molecule has 1 saturated heterocycles. The average Bonchev–Trinajstić information content (AvgIpc) is 2.27. The van der Waals surface area contributed by atoms with Crippen molar-refractivity contribution < 1.29 is 4.79 Å². The van der Waals surface area contributed by atoms with E-state index in [1.807, 2.05) is 0 Å². The molecule has 0 aliphatic carbocycles. The second kappa shape index (κ2) is 7.26. The molecule has 88 valence electrons. The Labute approximate surface area is 102 Å². The maximum absolute atomic E-state index is 11.8. The van der Waals surface area contributed by atoms with Crippen LogP contribution in [0.3, 0.4) is 0 Å². The first-order valence-corrected chi connectivity index (χ1v) is 7.23. The minimum absolute atomic E-state index is 0.371. The van der Waals surface area contributed by atoms with Crippen molar-refractivity contribution in [3.8, 4) is 0 Å². The Balaban J connectivity index is 2.31. The molecule has 0 N–H and O–H groups in total. The molecule has 1 heterocycles. The van der Waals surface area contributed by atoms with Crippen molar-refractivity contribution >= 4 is 21.8 Å². The number of likely N-dealkylation sites (tertiary alicyclic amines) is 1. The zero-order valence-electron chi connectivity index (χ0n) is 9.67. The van der Waals surface area contributed by atoms with Crippen LogP contribution in [0.4, 0.5) is 0 Å². The number of halogens is 1. The molecule has 1 atom stereocenters. The van der Waals surface area contributed by atoms with Crippen LogP contribution in [0.25, 0.3) is 0 Å². The van der Waals surface area contributed by atoms with E-state index in [1.165, 1.54) is 19.3 Å². The Bertz CT molecular complexity index is 194. The van der Waals surface area contributed by atoms with E-state index in [-0.39, 0.29) is 0 Å². The molecule has 0 spiro atoms. The van der Waals surface area contributed by atoms with Gasteiger partial charge in [-0.2, -0.15) is 0 Å². The molecule has 0 aromatic carbocycles. The summed E-state index contributed by atoms with van der Waals surface area (Å²) in [4.78, 5) is 13.9. The predicted octanol–water partition coefficient (Wildman–Crippen LogP) is 3.20. The van der Waals surface area contributed by atoms with Crippen molar-refractivity contribution in [1.29, 1.82) is 0 Å². The third kappa shape index (κ3) is 4.54. The van der Waals surface area contributed by atoms with E-state index in [2.05, 4.69) is 27.8 Å². The summed E-state index contributed by atoms with van der Waals surface area (Å²) in [5.41, 5.74) is 0. The Kier molecular flexibility index (Phi) is 6.30. The lowest BCUT2D eigenvalue weighted by Gasteiger charge is -2.32. The lowest BCUT2D eigenvalue weighted by Crippen LogP contribution is -2.39. The fourth-order valence-electron chi connectivity index (χ4n) is 2.17. The lowest BCUT2D eigenvalue weighted by molar-refractivity contribution is -0.133. The van der Waals surface area contributed by atoms with Crippen LogP contribution < -0.4 is 0 Å². The van der Waals surface area contributed by atoms with Gasteiger partial charge < -0.3 is 4.90 Å². The number of piperidine rings is 1. The first-order valence-electron chi connectivity index (χ1n) is 6.11. The number of rotatable bonds is 5. The fraction of sp³-hybridized carbons (Fsp3) is 0.917. The highest BCUT2D eigenvalue weighted by molar-refractivity contribution is 9.09. The SMILES string of the molecule is CCCCC(=O)N1CCCC(CCBr)C1. The maximum atomic E-state index is 11.8. The Morgan fingerprint density at radius 2 is 2.33 bits per heavy atom. The van der Waals surface area contributed by atoms with Crippen LogP contribution in [0.5, 0.6) is 0 Å². The van der Waals surface area contributed by atoms with Gasteiger partial charge in [0.2, 0.25) is 5.91 Å². The van der Waals surface area contributed by atoms with E-state index in [9.17, 15) is 4.79 Å². The molecule has 1 aliphatic heterocycles. The van der Waals surface area contributed by atoms with Crippen molar-refractivity contribution in [2.75, 3.05) is 18.4 Å². The van der Waals surface area contributed by atoms with Gasteiger partial charge in [-0.1, -0.05) is 29.3 Å². The van der Waals surface area contributed by atoms with Crippen molar-refractivity contribution in [2.24, 2.45) is 5.92 Å². The van der Waals surface area contributed by atoms with Crippen LogP contribution in [0.15, 0.2) is 0 Å². The van der Waals surface area contributed by atoms with Gasteiger partial charge in [0, 0.05) is 24.8 Å². The van der Waals surface area contributed by atoms with E-state index >= 15 is 0 Å². The van der Waals surface area contributed by atoms with Crippen LogP contribution >= 0.6 is 15.9 Å². The summed E-state index contributed by atoms with van der Waals surface area (Å²) >= 11 is 3.48. The van der Waals surface area contributed by atoms with Gasteiger partial charge in [-0.15, -0.1) is 0 Å². The normalized spacial score (nSPS) is 21.7. The third-order valence-corrected chi connectivity index (χ3v) is 3.59. The lowest BCUT2D eigenvalue weighted by atomic mass is 9.95. The Morgan fingerprint density at radius 1 is 1.53 bits per heavy atom. The smallest absolute Gasteiger partial charge is 0.222 e. The fourth-order valence-corrected chi connectivity index (χ4v) is 2.82. The first-order chi connectivity index (χ1) is 7.27. The summed E-state index contributed by atoms with van der Waals surface area (Å²) < 4.78 is 0. The first kappa shape index (κ1) is 13.0. The van der Waals surface area contributed by atoms with E-state index in [4.69, 9.17) is 0 Å². The zero-order chi connectivity index (χ0) is 11.1. The van der Waals surface area contributed by atoms with E-state index in [0.717, 1.165) is 43.6 Å². The zero-order valence-corrected chi connectivity index (χ0v) is 11.3. The molecule has 1 fully saturated rings. The van der Waals surface area contributed by atoms with Crippen LogP contribution in [-0.4, -0.2) is 29.2 Å². The quantitative estimate of drug-likeness (QED) is 0.706. The number of carbonyl (C=O) groups excluding carboxylic acids is 1. The highest BCUT2D eigenvalue weighted by atomic mass is 79.9. The van der Waals surface area contributed by atoms with Crippen molar-refractivity contribution in [3.05, 3.63) is 0 Å². The minimum atomic E-state index is 0.371. The molecule has 0 bridgehead atoms. The Hall–Kier alpha value is -0.0500. The van der Waals surface area contributed by atoms with Gasteiger partial charge in [0.1, 0.15) is 0 Å². The van der Waals surface area contributed by atoms with Crippen LogP contribution in [0, 0.1) is 5.92 Å². The van der Waals surface area contributed by atoms with Crippen molar-refractivity contribution in [3.63, 3.8) is 0 Å². The molecule has 2 nitrogen and oxygen atoms in total. The summed E-state index contributed by atoms with van der Waals surface area (Å²) in [5.74, 6) is 1.10. The number of nitrogens with zero attached hydrogens (tertiary/aromatic N) is 1. The molecular weight excluding hydrogens is 254 g/mol. The van der Waals surface area contributed by atoms with Crippen molar-refractivity contribution in [1.82, 2.24) is 4.90 Å². The van der Waals surface area contributed by atoms with E-state index < -0.39 is 0 Å². The third-order valence-electron chi connectivity index (χ3n) is 3.13. The van der Waals surface area contributed by atoms with Gasteiger partial charge >= 0.3 is 0 Å². The molecular formula is C12H22BrNO. The van der Waals surface area contributed by atoms with Gasteiger partial charge in [0.05, 0.1) is 0 Å². The Morgan fingerprint density at radius 3 is 3.00 bits per heavy atom. The molecule has 1 amide bonds. The highest BCUT2D eigenvalue weighted by Crippen LogP contribution is 2.21. The molecule has 1 rings (SSSR count). The highest BCUT2D eigenvalue weighted by Gasteiger charge is 2.22. The largest absolute Gasteiger partial charge is 0.342 e. The number of hydrogen-bond acceptors (Lipinski definition) is 1. The maximum Gasteiger partial charge on any atom is 0.222 e. The molecule has 15 heavy (non-hydrogen) atoms. The van der Waals surface area contributed by atoms with E-state index in [0.29, 0.717) is 5.91 Å². The van der Waals surface area contributed by atoms with Crippen molar-refractivity contribution in [2.45, 2.75) is 45.4 Å². The van der Waals surface area contributed by atoms with E-state index in [1.54, 1.807) is 0 Å². The monoisotopic (exact) mass is 275 g/mol. The summed E-state index contributed by atoms with van der Waals surface area (Å²) in [7, 11) is 0. The predicted molar refractivity (Wildman–Crippen MR) is 67.2 cm³/mol. The van der Waals surface area contributed by atoms with Gasteiger partial charge in [-0.25, -0.2) is 0 Å². The molecule has 3 heteroatoms. The minimum Gasteiger partial charge on any atom is -0.342 e. The van der Waals surface area contributed by atoms with Gasteiger partial charge in [-0.3, -0.25) is 4.79 Å². The number of alkyl halides is 1. The number of amides is 1. The van der Waals surface area contributed by atoms with Gasteiger partial charge in [-0.05, 0) is 31.6 Å². The number of unbranched alkanes of at least 4 members (excludes halogenated alkanes) is 1. The molecule has 1 aliphatic rings.